The lowest BCUT2D eigenvalue weighted by molar-refractivity contribution is 0.289. The van der Waals surface area contributed by atoms with Gasteiger partial charge in [-0.1, -0.05) is 36.4 Å². The van der Waals surface area contributed by atoms with Crippen LogP contribution in [0.5, 0.6) is 11.5 Å². The van der Waals surface area contributed by atoms with Crippen molar-refractivity contribution in [2.24, 2.45) is 5.73 Å². The normalized spacial score (nSPS) is 12.6. The van der Waals surface area contributed by atoms with E-state index < -0.39 is 0 Å². The van der Waals surface area contributed by atoms with Gasteiger partial charge in [-0.05, 0) is 31.5 Å². The highest BCUT2D eigenvalue weighted by molar-refractivity contribution is 5.77. The molecule has 2 N–H and O–H groups in total. The summed E-state index contributed by atoms with van der Waals surface area (Å²) in [6.45, 7) is 0.805. The van der Waals surface area contributed by atoms with Gasteiger partial charge in [-0.15, -0.1) is 0 Å². The standard InChI is InChI=1S/C16H16O2.CH5N/c1-17-15-10-3-2-8-13(15)14-9-4-6-12-7-5-11-18-16(12)14;1-2/h2-4,6,8-10H,5,7,11H2,1H3;2H2,1H3. The topological polar surface area (TPSA) is 44.5 Å². The summed E-state index contributed by atoms with van der Waals surface area (Å²) in [5.74, 6) is 1.91. The Balaban J connectivity index is 0.000000704. The molecule has 106 valence electrons. The highest BCUT2D eigenvalue weighted by atomic mass is 16.5. The number of methoxy groups -OCH3 is 1. The van der Waals surface area contributed by atoms with E-state index in [1.165, 1.54) is 12.6 Å². The Morgan fingerprint density at radius 1 is 1.00 bits per heavy atom. The lowest BCUT2D eigenvalue weighted by Gasteiger charge is -2.21. The molecular formula is C17H21NO2. The van der Waals surface area contributed by atoms with Crippen LogP contribution in [-0.4, -0.2) is 20.8 Å². The van der Waals surface area contributed by atoms with Crippen LogP contribution in [0, 0.1) is 0 Å². The molecule has 0 unspecified atom stereocenters. The van der Waals surface area contributed by atoms with Gasteiger partial charge in [0.05, 0.1) is 13.7 Å². The Bertz CT molecular complexity index is 567. The Labute approximate surface area is 120 Å². The zero-order valence-electron chi connectivity index (χ0n) is 12.1. The van der Waals surface area contributed by atoms with Crippen LogP contribution in [-0.2, 0) is 6.42 Å². The first kappa shape index (κ1) is 14.4. The van der Waals surface area contributed by atoms with Crippen LogP contribution in [0.1, 0.15) is 12.0 Å². The molecule has 0 fully saturated rings. The molecule has 2 aromatic rings. The highest BCUT2D eigenvalue weighted by Gasteiger charge is 2.17. The average Bonchev–Trinajstić information content (AvgIpc) is 2.56. The van der Waals surface area contributed by atoms with E-state index in [1.54, 1.807) is 7.11 Å². The fourth-order valence-electron chi connectivity index (χ4n) is 2.47. The Kier molecular flexibility index (Phi) is 5.02. The van der Waals surface area contributed by atoms with E-state index in [1.807, 2.05) is 18.2 Å². The lowest BCUT2D eigenvalue weighted by atomic mass is 9.97. The van der Waals surface area contributed by atoms with Crippen molar-refractivity contribution in [2.75, 3.05) is 20.8 Å². The molecule has 0 radical (unpaired) electrons. The number of hydrogen-bond donors (Lipinski definition) is 1. The van der Waals surface area contributed by atoms with Crippen LogP contribution >= 0.6 is 0 Å². The van der Waals surface area contributed by atoms with Crippen molar-refractivity contribution in [3.63, 3.8) is 0 Å². The monoisotopic (exact) mass is 271 g/mol. The molecule has 3 nitrogen and oxygen atoms in total. The van der Waals surface area contributed by atoms with Crippen LogP contribution in [0.4, 0.5) is 0 Å². The summed E-state index contributed by atoms with van der Waals surface area (Å²) in [5, 5.41) is 0. The number of fused-ring (bicyclic) bond motifs is 1. The van der Waals surface area contributed by atoms with Crippen LogP contribution in [0.2, 0.25) is 0 Å². The molecule has 2 aromatic carbocycles. The molecule has 0 atom stereocenters. The summed E-state index contributed by atoms with van der Waals surface area (Å²) in [7, 11) is 3.20. The van der Waals surface area contributed by atoms with Crippen molar-refractivity contribution in [1.29, 1.82) is 0 Å². The molecule has 0 saturated heterocycles. The van der Waals surface area contributed by atoms with Crippen LogP contribution < -0.4 is 15.2 Å². The van der Waals surface area contributed by atoms with Crippen molar-refractivity contribution in [3.05, 3.63) is 48.0 Å². The second-order valence-corrected chi connectivity index (χ2v) is 4.45. The Morgan fingerprint density at radius 2 is 1.75 bits per heavy atom. The van der Waals surface area contributed by atoms with Gasteiger partial charge in [-0.2, -0.15) is 0 Å². The second-order valence-electron chi connectivity index (χ2n) is 4.45. The summed E-state index contributed by atoms with van der Waals surface area (Å²) in [5.41, 5.74) is 8.02. The lowest BCUT2D eigenvalue weighted by Crippen LogP contribution is -2.09. The Morgan fingerprint density at radius 3 is 2.55 bits per heavy atom. The largest absolute Gasteiger partial charge is 0.496 e. The minimum absolute atomic E-state index is 0.805. The van der Waals surface area contributed by atoms with Gasteiger partial charge in [0, 0.05) is 11.1 Å². The van der Waals surface area contributed by atoms with Gasteiger partial charge in [0.15, 0.2) is 0 Å². The van der Waals surface area contributed by atoms with E-state index in [4.69, 9.17) is 9.47 Å². The van der Waals surface area contributed by atoms with Crippen LogP contribution in [0.15, 0.2) is 42.5 Å². The molecule has 1 heterocycles. The number of ether oxygens (including phenoxy) is 2. The fraction of sp³-hybridized carbons (Fsp3) is 0.294. The maximum absolute atomic E-state index is 5.85. The zero-order chi connectivity index (χ0) is 14.4. The number of benzene rings is 2. The van der Waals surface area contributed by atoms with Gasteiger partial charge in [0.25, 0.3) is 0 Å². The first-order chi connectivity index (χ1) is 9.90. The number of rotatable bonds is 2. The molecule has 0 saturated carbocycles. The first-order valence-corrected chi connectivity index (χ1v) is 6.86. The molecule has 0 bridgehead atoms. The predicted octanol–water partition coefficient (Wildman–Crippen LogP) is 3.26. The third kappa shape index (κ3) is 2.78. The number of para-hydroxylation sites is 2. The van der Waals surface area contributed by atoms with Gasteiger partial charge in [-0.3, -0.25) is 0 Å². The highest BCUT2D eigenvalue weighted by Crippen LogP contribution is 2.39. The van der Waals surface area contributed by atoms with E-state index in [0.717, 1.165) is 42.1 Å². The molecule has 1 aliphatic rings. The third-order valence-electron chi connectivity index (χ3n) is 3.33. The number of aryl methyl sites for hydroxylation is 1. The smallest absolute Gasteiger partial charge is 0.130 e. The van der Waals surface area contributed by atoms with Crippen molar-refractivity contribution in [2.45, 2.75) is 12.8 Å². The summed E-state index contributed by atoms with van der Waals surface area (Å²) >= 11 is 0. The minimum atomic E-state index is 0.805. The number of hydrogen-bond acceptors (Lipinski definition) is 3. The second kappa shape index (κ2) is 6.96. The van der Waals surface area contributed by atoms with Crippen molar-refractivity contribution in [1.82, 2.24) is 0 Å². The molecule has 0 amide bonds. The molecule has 3 rings (SSSR count). The Hall–Kier alpha value is -2.00. The number of nitrogens with two attached hydrogens (primary N) is 1. The first-order valence-electron chi connectivity index (χ1n) is 6.86. The van der Waals surface area contributed by atoms with Crippen molar-refractivity contribution in [3.8, 4) is 22.6 Å². The SMILES string of the molecule is CN.COc1ccccc1-c1cccc2c1OCCC2. The van der Waals surface area contributed by atoms with Gasteiger partial charge in [0.2, 0.25) is 0 Å². The van der Waals surface area contributed by atoms with Crippen molar-refractivity contribution >= 4 is 0 Å². The van der Waals surface area contributed by atoms with Gasteiger partial charge in [0.1, 0.15) is 11.5 Å². The van der Waals surface area contributed by atoms with E-state index in [0.29, 0.717) is 0 Å². The van der Waals surface area contributed by atoms with E-state index >= 15 is 0 Å². The van der Waals surface area contributed by atoms with Gasteiger partial charge >= 0.3 is 0 Å². The molecule has 0 aromatic heterocycles. The van der Waals surface area contributed by atoms with Gasteiger partial charge in [-0.25, -0.2) is 0 Å². The summed E-state index contributed by atoms with van der Waals surface area (Å²) in [6, 6.07) is 14.4. The summed E-state index contributed by atoms with van der Waals surface area (Å²) in [6.07, 6.45) is 2.20. The molecular weight excluding hydrogens is 250 g/mol. The van der Waals surface area contributed by atoms with Crippen LogP contribution in [0.3, 0.4) is 0 Å². The van der Waals surface area contributed by atoms with Gasteiger partial charge < -0.3 is 15.2 Å². The van der Waals surface area contributed by atoms with E-state index in [2.05, 4.69) is 30.0 Å². The molecule has 20 heavy (non-hydrogen) atoms. The molecule has 3 heteroatoms. The molecule has 0 aliphatic carbocycles. The van der Waals surface area contributed by atoms with Crippen molar-refractivity contribution < 1.29 is 9.47 Å². The third-order valence-corrected chi connectivity index (χ3v) is 3.33. The maximum Gasteiger partial charge on any atom is 0.130 e. The van der Waals surface area contributed by atoms with E-state index in [9.17, 15) is 0 Å². The maximum atomic E-state index is 5.85. The zero-order valence-corrected chi connectivity index (χ0v) is 12.1. The summed E-state index contributed by atoms with van der Waals surface area (Å²) < 4.78 is 11.3. The fourth-order valence-corrected chi connectivity index (χ4v) is 2.47. The molecule has 0 spiro atoms. The van der Waals surface area contributed by atoms with Crippen LogP contribution in [0.25, 0.3) is 11.1 Å². The summed E-state index contributed by atoms with van der Waals surface area (Å²) in [4.78, 5) is 0. The quantitative estimate of drug-likeness (QED) is 0.911. The average molecular weight is 271 g/mol. The predicted molar refractivity (Wildman–Crippen MR) is 82.4 cm³/mol. The van der Waals surface area contributed by atoms with E-state index in [-0.39, 0.29) is 0 Å². The minimum Gasteiger partial charge on any atom is -0.496 e. The molecule has 1 aliphatic heterocycles.